The molecule has 0 radical (unpaired) electrons. The maximum atomic E-state index is 13.3. The predicted octanol–water partition coefficient (Wildman–Crippen LogP) is 3.06. The fourth-order valence-electron chi connectivity index (χ4n) is 5.03. The molecule has 7 heteroatoms. The smallest absolute Gasteiger partial charge is 0.255 e. The molecular formula is C24H28N2O5. The molecule has 1 amide bonds. The van der Waals surface area contributed by atoms with Crippen molar-refractivity contribution in [3.63, 3.8) is 0 Å². The summed E-state index contributed by atoms with van der Waals surface area (Å²) < 4.78 is 16.9. The Hall–Kier alpha value is -2.93. The molecule has 0 spiro atoms. The molecule has 0 aromatic heterocycles. The fraction of sp³-hybridized carbons (Fsp3) is 0.458. The first-order valence-electron chi connectivity index (χ1n) is 10.8. The standard InChI is InChI=1S/C24H28N2O5/c1-14-3-5-19(25-2)18(7-14)24(28)26-11-15-8-20(27)22(9-16(15)12-26)31-17-4-6-21-23(10-17)30-13-29-21/h3-7,10,15-16,20,22,25,27H,8-9,11-13H2,1-2H3/t15-,16+,20+,22+/m0/s1. The Morgan fingerprint density at radius 1 is 1.10 bits per heavy atom. The predicted molar refractivity (Wildman–Crippen MR) is 116 cm³/mol. The average Bonchev–Trinajstić information content (AvgIpc) is 3.39. The van der Waals surface area contributed by atoms with Crippen LogP contribution in [0.5, 0.6) is 17.2 Å². The molecule has 164 valence electrons. The van der Waals surface area contributed by atoms with Gasteiger partial charge in [0, 0.05) is 31.9 Å². The molecular weight excluding hydrogens is 396 g/mol. The van der Waals surface area contributed by atoms with Gasteiger partial charge in [0.15, 0.2) is 11.5 Å². The molecule has 2 N–H and O–H groups in total. The van der Waals surface area contributed by atoms with Crippen molar-refractivity contribution in [1.82, 2.24) is 4.90 Å². The monoisotopic (exact) mass is 424 g/mol. The van der Waals surface area contributed by atoms with Crippen LogP contribution in [-0.2, 0) is 0 Å². The van der Waals surface area contributed by atoms with Gasteiger partial charge in [0.25, 0.3) is 5.91 Å². The van der Waals surface area contributed by atoms with Crippen LogP contribution in [-0.4, -0.2) is 55.1 Å². The normalized spacial score (nSPS) is 26.5. The number of benzene rings is 2. The second kappa shape index (κ2) is 7.96. The van der Waals surface area contributed by atoms with Crippen LogP contribution in [0.4, 0.5) is 5.69 Å². The van der Waals surface area contributed by atoms with E-state index >= 15 is 0 Å². The Morgan fingerprint density at radius 2 is 1.87 bits per heavy atom. The van der Waals surface area contributed by atoms with Crippen molar-refractivity contribution in [2.24, 2.45) is 11.8 Å². The number of likely N-dealkylation sites (tertiary alicyclic amines) is 1. The molecule has 1 saturated heterocycles. The van der Waals surface area contributed by atoms with Crippen molar-refractivity contribution in [2.45, 2.75) is 32.0 Å². The third kappa shape index (κ3) is 3.78. The molecule has 31 heavy (non-hydrogen) atoms. The van der Waals surface area contributed by atoms with Gasteiger partial charge in [-0.15, -0.1) is 0 Å². The van der Waals surface area contributed by atoms with Crippen molar-refractivity contribution >= 4 is 11.6 Å². The van der Waals surface area contributed by atoms with Crippen molar-refractivity contribution in [2.75, 3.05) is 32.2 Å². The molecule has 2 aliphatic heterocycles. The van der Waals surface area contributed by atoms with Crippen molar-refractivity contribution in [3.05, 3.63) is 47.5 Å². The SMILES string of the molecule is CNc1ccc(C)cc1C(=O)N1C[C@H]2C[C@@H](Oc3ccc4c(c3)OCO4)[C@H](O)C[C@H]2C1. The lowest BCUT2D eigenvalue weighted by Crippen LogP contribution is -2.42. The molecule has 2 aromatic carbocycles. The highest BCUT2D eigenvalue weighted by Crippen LogP contribution is 2.40. The van der Waals surface area contributed by atoms with E-state index in [0.29, 0.717) is 54.2 Å². The Balaban J connectivity index is 1.27. The van der Waals surface area contributed by atoms with E-state index in [1.165, 1.54) is 0 Å². The minimum Gasteiger partial charge on any atom is -0.488 e. The van der Waals surface area contributed by atoms with Crippen LogP contribution < -0.4 is 19.5 Å². The number of aliphatic hydroxyl groups excluding tert-OH is 1. The molecule has 1 aliphatic carbocycles. The number of ether oxygens (including phenoxy) is 3. The highest BCUT2D eigenvalue weighted by Gasteiger charge is 2.44. The van der Waals surface area contributed by atoms with Crippen molar-refractivity contribution in [3.8, 4) is 17.2 Å². The maximum Gasteiger partial charge on any atom is 0.255 e. The van der Waals surface area contributed by atoms with E-state index in [2.05, 4.69) is 5.32 Å². The maximum absolute atomic E-state index is 13.3. The topological polar surface area (TPSA) is 80.3 Å². The highest BCUT2D eigenvalue weighted by molar-refractivity contribution is 6.00. The van der Waals surface area contributed by atoms with E-state index in [-0.39, 0.29) is 18.8 Å². The van der Waals surface area contributed by atoms with Gasteiger partial charge in [0.05, 0.1) is 11.7 Å². The summed E-state index contributed by atoms with van der Waals surface area (Å²) in [5, 5.41) is 13.9. The Morgan fingerprint density at radius 3 is 2.68 bits per heavy atom. The lowest BCUT2D eigenvalue weighted by atomic mass is 9.78. The summed E-state index contributed by atoms with van der Waals surface area (Å²) in [6.07, 6.45) is 0.490. The van der Waals surface area contributed by atoms with Crippen molar-refractivity contribution < 1.29 is 24.1 Å². The van der Waals surface area contributed by atoms with Gasteiger partial charge in [-0.05, 0) is 55.9 Å². The van der Waals surface area contributed by atoms with Crippen molar-refractivity contribution in [1.29, 1.82) is 0 Å². The number of fused-ring (bicyclic) bond motifs is 2. The van der Waals surface area contributed by atoms with E-state index in [0.717, 1.165) is 17.7 Å². The number of anilines is 1. The van der Waals surface area contributed by atoms with Crippen LogP contribution in [0.2, 0.25) is 0 Å². The summed E-state index contributed by atoms with van der Waals surface area (Å²) in [6.45, 7) is 3.58. The summed E-state index contributed by atoms with van der Waals surface area (Å²) in [4.78, 5) is 15.2. The second-order valence-electron chi connectivity index (χ2n) is 8.74. The summed E-state index contributed by atoms with van der Waals surface area (Å²) in [7, 11) is 1.83. The molecule has 7 nitrogen and oxygen atoms in total. The molecule has 0 unspecified atom stereocenters. The van der Waals surface area contributed by atoms with E-state index in [9.17, 15) is 9.90 Å². The molecule has 2 aromatic rings. The van der Waals surface area contributed by atoms with Crippen LogP contribution >= 0.6 is 0 Å². The Kier molecular flexibility index (Phi) is 5.14. The zero-order valence-electron chi connectivity index (χ0n) is 17.8. The first kappa shape index (κ1) is 20.0. The number of rotatable bonds is 4. The molecule has 2 heterocycles. The zero-order valence-corrected chi connectivity index (χ0v) is 17.8. The number of nitrogens with zero attached hydrogens (tertiary/aromatic N) is 1. The van der Waals surface area contributed by atoms with Crippen LogP contribution in [0.15, 0.2) is 36.4 Å². The summed E-state index contributed by atoms with van der Waals surface area (Å²) >= 11 is 0. The van der Waals surface area contributed by atoms with Gasteiger partial charge in [-0.1, -0.05) is 11.6 Å². The third-order valence-electron chi connectivity index (χ3n) is 6.68. The molecule has 5 rings (SSSR count). The minimum absolute atomic E-state index is 0.0465. The fourth-order valence-corrected chi connectivity index (χ4v) is 5.03. The Bertz CT molecular complexity index is 994. The van der Waals surface area contributed by atoms with Crippen LogP contribution in [0.1, 0.15) is 28.8 Å². The van der Waals surface area contributed by atoms with Gasteiger partial charge >= 0.3 is 0 Å². The van der Waals surface area contributed by atoms with Crippen LogP contribution in [0.3, 0.4) is 0 Å². The van der Waals surface area contributed by atoms with E-state index in [4.69, 9.17) is 14.2 Å². The molecule has 4 atom stereocenters. The number of nitrogens with one attached hydrogen (secondary N) is 1. The lowest BCUT2D eigenvalue weighted by molar-refractivity contribution is -0.0232. The van der Waals surface area contributed by atoms with Gasteiger partial charge in [-0.25, -0.2) is 0 Å². The quantitative estimate of drug-likeness (QED) is 0.785. The minimum atomic E-state index is -0.562. The van der Waals surface area contributed by atoms with Gasteiger partial charge in [-0.2, -0.15) is 0 Å². The van der Waals surface area contributed by atoms with Crippen LogP contribution in [0, 0.1) is 18.8 Å². The largest absolute Gasteiger partial charge is 0.488 e. The number of aliphatic hydroxyl groups is 1. The first-order valence-corrected chi connectivity index (χ1v) is 10.8. The summed E-state index contributed by atoms with van der Waals surface area (Å²) in [5.74, 6) is 2.68. The summed E-state index contributed by atoms with van der Waals surface area (Å²) in [6, 6.07) is 11.4. The van der Waals surface area contributed by atoms with Gasteiger partial charge in [0.2, 0.25) is 6.79 Å². The van der Waals surface area contributed by atoms with E-state index in [1.807, 2.05) is 55.3 Å². The molecule has 2 fully saturated rings. The molecule has 3 aliphatic rings. The Labute approximate surface area is 181 Å². The van der Waals surface area contributed by atoms with Gasteiger partial charge in [0.1, 0.15) is 11.9 Å². The number of hydrogen-bond donors (Lipinski definition) is 2. The number of amides is 1. The lowest BCUT2D eigenvalue weighted by Gasteiger charge is -2.35. The van der Waals surface area contributed by atoms with E-state index < -0.39 is 6.10 Å². The third-order valence-corrected chi connectivity index (χ3v) is 6.68. The number of carbonyl (C=O) groups excluding carboxylic acids is 1. The van der Waals surface area contributed by atoms with Crippen LogP contribution in [0.25, 0.3) is 0 Å². The van der Waals surface area contributed by atoms with Gasteiger partial charge < -0.3 is 29.5 Å². The number of aryl methyl sites for hydroxylation is 1. The first-order chi connectivity index (χ1) is 15.0. The molecule has 1 saturated carbocycles. The highest BCUT2D eigenvalue weighted by atomic mass is 16.7. The second-order valence-corrected chi connectivity index (χ2v) is 8.74. The van der Waals surface area contributed by atoms with Gasteiger partial charge in [-0.3, -0.25) is 4.79 Å². The zero-order chi connectivity index (χ0) is 21.5. The number of carbonyl (C=O) groups is 1. The number of hydrogen-bond acceptors (Lipinski definition) is 6. The molecule has 0 bridgehead atoms. The van der Waals surface area contributed by atoms with E-state index in [1.54, 1.807) is 0 Å². The summed E-state index contributed by atoms with van der Waals surface area (Å²) in [5.41, 5.74) is 2.61. The average molecular weight is 424 g/mol.